The maximum absolute atomic E-state index is 13.0. The van der Waals surface area contributed by atoms with Gasteiger partial charge in [0, 0.05) is 25.7 Å². The van der Waals surface area contributed by atoms with Crippen molar-refractivity contribution in [1.82, 2.24) is 0 Å². The molecule has 3 N–H and O–H groups in total. The van der Waals surface area contributed by atoms with Gasteiger partial charge in [0.25, 0.3) is 0 Å². The number of hydrogen-bond donors (Lipinski definition) is 3. The Morgan fingerprint density at radius 2 is 0.565 bits per heavy atom. The zero-order chi connectivity index (χ0) is 63.2. The van der Waals surface area contributed by atoms with Crippen molar-refractivity contribution >= 4 is 39.5 Å². The highest BCUT2D eigenvalue weighted by atomic mass is 31.2. The predicted octanol–water partition coefficient (Wildman–Crippen LogP) is 18.1. The van der Waals surface area contributed by atoms with Gasteiger partial charge in [0.15, 0.2) is 12.2 Å². The number of carbonyl (C=O) groups is 4. The number of phosphoric acid groups is 2. The van der Waals surface area contributed by atoms with Gasteiger partial charge in [-0.15, -0.1) is 0 Å². The van der Waals surface area contributed by atoms with Crippen molar-refractivity contribution in [2.45, 2.75) is 337 Å². The molecule has 0 aromatic carbocycles. The molecular weight excluding hydrogens is 1130 g/mol. The lowest BCUT2D eigenvalue weighted by atomic mass is 9.99. The van der Waals surface area contributed by atoms with E-state index in [0.29, 0.717) is 37.5 Å². The lowest BCUT2D eigenvalue weighted by Crippen LogP contribution is -2.30. The zero-order valence-corrected chi connectivity index (χ0v) is 57.0. The van der Waals surface area contributed by atoms with Crippen LogP contribution in [0.15, 0.2) is 0 Å². The van der Waals surface area contributed by atoms with Gasteiger partial charge in [-0.05, 0) is 49.4 Å². The number of hydrogen-bond acceptors (Lipinski definition) is 15. The third-order valence-corrected chi connectivity index (χ3v) is 17.3. The number of carbonyl (C=O) groups excluding carboxylic acids is 4. The molecule has 0 aliphatic rings. The van der Waals surface area contributed by atoms with E-state index in [2.05, 4.69) is 55.4 Å². The van der Waals surface area contributed by atoms with E-state index >= 15 is 0 Å². The Morgan fingerprint density at radius 1 is 0.329 bits per heavy atom. The van der Waals surface area contributed by atoms with Crippen LogP contribution in [-0.2, 0) is 65.4 Å². The summed E-state index contributed by atoms with van der Waals surface area (Å²) >= 11 is 0. The maximum Gasteiger partial charge on any atom is 0.472 e. The minimum absolute atomic E-state index is 0.100. The number of rotatable bonds is 63. The summed E-state index contributed by atoms with van der Waals surface area (Å²) in [6, 6.07) is 0. The van der Waals surface area contributed by atoms with Gasteiger partial charge in [-0.3, -0.25) is 37.3 Å². The second kappa shape index (κ2) is 56.1. The number of esters is 4. The summed E-state index contributed by atoms with van der Waals surface area (Å²) in [6.45, 7) is 14.0. The number of aliphatic hydroxyl groups is 1. The summed E-state index contributed by atoms with van der Waals surface area (Å²) in [5, 5.41) is 10.5. The molecule has 0 aliphatic heterocycles. The van der Waals surface area contributed by atoms with E-state index in [1.807, 2.05) is 0 Å². The van der Waals surface area contributed by atoms with Crippen LogP contribution in [0.1, 0.15) is 319 Å². The van der Waals surface area contributed by atoms with Gasteiger partial charge in [0.1, 0.15) is 19.3 Å². The van der Waals surface area contributed by atoms with Crippen LogP contribution in [0, 0.1) is 23.7 Å². The van der Waals surface area contributed by atoms with E-state index in [9.17, 15) is 43.2 Å². The van der Waals surface area contributed by atoms with E-state index in [4.69, 9.17) is 37.0 Å². The Morgan fingerprint density at radius 3 is 0.835 bits per heavy atom. The quantitative estimate of drug-likeness (QED) is 0.0222. The second-order valence-corrected chi connectivity index (χ2v) is 28.4. The SMILES string of the molecule is CCC(C)CCCCCCCCCCCCC(=O)OC[C@H](COP(=O)(O)OC[C@@H](O)COP(=O)(O)OC[C@@H](COC(=O)CCCCCCCCC(C)C)OC(=O)CCCCCCCCC(C)C)OC(=O)CCCCCCCCCCCCC(C)C. The lowest BCUT2D eigenvalue weighted by molar-refractivity contribution is -0.161. The van der Waals surface area contributed by atoms with Crippen molar-refractivity contribution in [2.75, 3.05) is 39.6 Å². The highest BCUT2D eigenvalue weighted by molar-refractivity contribution is 7.47. The van der Waals surface area contributed by atoms with Crippen LogP contribution in [0.2, 0.25) is 0 Å². The van der Waals surface area contributed by atoms with Gasteiger partial charge in [0.2, 0.25) is 0 Å². The summed E-state index contributed by atoms with van der Waals surface area (Å²) in [7, 11) is -9.89. The van der Waals surface area contributed by atoms with Crippen LogP contribution in [0.3, 0.4) is 0 Å². The van der Waals surface area contributed by atoms with Crippen molar-refractivity contribution in [3.8, 4) is 0 Å². The van der Waals surface area contributed by atoms with Gasteiger partial charge >= 0.3 is 39.5 Å². The molecule has 19 heteroatoms. The number of phosphoric ester groups is 2. The van der Waals surface area contributed by atoms with Crippen LogP contribution in [0.25, 0.3) is 0 Å². The van der Waals surface area contributed by atoms with Crippen molar-refractivity contribution < 1.29 is 80.2 Å². The van der Waals surface area contributed by atoms with Gasteiger partial charge in [-0.1, -0.05) is 267 Å². The highest BCUT2D eigenvalue weighted by Crippen LogP contribution is 2.45. The molecule has 0 amide bonds. The molecule has 17 nitrogen and oxygen atoms in total. The monoisotopic (exact) mass is 1250 g/mol. The average molecular weight is 1260 g/mol. The molecule has 504 valence electrons. The van der Waals surface area contributed by atoms with Crippen molar-refractivity contribution in [1.29, 1.82) is 0 Å². The Balaban J connectivity index is 5.24. The first-order valence-corrected chi connectivity index (χ1v) is 37.2. The lowest BCUT2D eigenvalue weighted by Gasteiger charge is -2.21. The summed E-state index contributed by atoms with van der Waals surface area (Å²) in [5.41, 5.74) is 0. The second-order valence-electron chi connectivity index (χ2n) is 25.5. The molecule has 0 aliphatic carbocycles. The molecule has 0 saturated heterocycles. The van der Waals surface area contributed by atoms with Gasteiger partial charge in [0.05, 0.1) is 26.4 Å². The van der Waals surface area contributed by atoms with Crippen LogP contribution in [-0.4, -0.2) is 96.7 Å². The van der Waals surface area contributed by atoms with E-state index < -0.39 is 97.5 Å². The Hall–Kier alpha value is -1.94. The van der Waals surface area contributed by atoms with Crippen molar-refractivity contribution in [2.24, 2.45) is 23.7 Å². The van der Waals surface area contributed by atoms with E-state index in [1.165, 1.54) is 116 Å². The average Bonchev–Trinajstić information content (AvgIpc) is 3.46. The largest absolute Gasteiger partial charge is 0.472 e. The third-order valence-electron chi connectivity index (χ3n) is 15.4. The molecular formula is C66H128O17P2. The normalized spacial score (nSPS) is 14.7. The highest BCUT2D eigenvalue weighted by Gasteiger charge is 2.30. The minimum atomic E-state index is -4.95. The number of unbranched alkanes of at least 4 members (excludes halogenated alkanes) is 28. The molecule has 85 heavy (non-hydrogen) atoms. The summed E-state index contributed by atoms with van der Waals surface area (Å²) in [6.07, 6.45) is 36.4. The third kappa shape index (κ3) is 59.5. The number of ether oxygens (including phenoxy) is 4. The van der Waals surface area contributed by atoms with Crippen LogP contribution in [0.4, 0.5) is 0 Å². The Labute approximate surface area is 517 Å². The molecule has 0 spiro atoms. The summed E-state index contributed by atoms with van der Waals surface area (Å²) < 4.78 is 68.0. The van der Waals surface area contributed by atoms with Crippen molar-refractivity contribution in [3.63, 3.8) is 0 Å². The van der Waals surface area contributed by atoms with Crippen LogP contribution >= 0.6 is 15.6 Å². The molecule has 0 bridgehead atoms. The minimum Gasteiger partial charge on any atom is -0.462 e. The van der Waals surface area contributed by atoms with E-state index in [-0.39, 0.29) is 25.7 Å². The Bertz CT molecular complexity index is 1700. The summed E-state index contributed by atoms with van der Waals surface area (Å²) in [5.74, 6) is 0.770. The van der Waals surface area contributed by atoms with Gasteiger partial charge in [-0.25, -0.2) is 9.13 Å². The van der Waals surface area contributed by atoms with Crippen LogP contribution < -0.4 is 0 Å². The molecule has 0 radical (unpaired) electrons. The molecule has 6 atom stereocenters. The smallest absolute Gasteiger partial charge is 0.462 e. The number of aliphatic hydroxyl groups excluding tert-OH is 1. The fourth-order valence-electron chi connectivity index (χ4n) is 9.75. The van der Waals surface area contributed by atoms with Gasteiger partial charge in [-0.2, -0.15) is 0 Å². The fourth-order valence-corrected chi connectivity index (χ4v) is 11.3. The first kappa shape index (κ1) is 83.1. The van der Waals surface area contributed by atoms with Crippen LogP contribution in [0.5, 0.6) is 0 Å². The molecule has 0 fully saturated rings. The zero-order valence-electron chi connectivity index (χ0n) is 55.2. The molecule has 0 aromatic heterocycles. The topological polar surface area (TPSA) is 237 Å². The fraction of sp³-hybridized carbons (Fsp3) is 0.939. The van der Waals surface area contributed by atoms with E-state index in [0.717, 1.165) is 108 Å². The first-order valence-electron chi connectivity index (χ1n) is 34.2. The molecule has 0 heterocycles. The van der Waals surface area contributed by atoms with Crippen molar-refractivity contribution in [3.05, 3.63) is 0 Å². The predicted molar refractivity (Wildman–Crippen MR) is 340 cm³/mol. The molecule has 0 saturated carbocycles. The standard InChI is InChI=1S/C66H128O17P2/c1-9-59(8)45-37-29-19-15-11-13-16-20-30-38-46-63(68)76-52-61(82-65(70)48-40-32-21-17-12-10-14-18-26-34-42-56(2)3)54-80-84(72,73)78-50-60(67)51-79-85(74,75)81-55-62(83-66(71)49-41-33-25-23-28-36-44-58(6)7)53-77-64(69)47-39-31-24-22-27-35-43-57(4)5/h56-62,67H,9-55H2,1-8H3,(H,72,73)(H,74,75)/t59?,60-,61-,62-/m1/s1. The van der Waals surface area contributed by atoms with E-state index in [1.54, 1.807) is 0 Å². The molecule has 0 aromatic rings. The van der Waals surface area contributed by atoms with Gasteiger partial charge < -0.3 is 33.8 Å². The maximum atomic E-state index is 13.0. The molecule has 0 rings (SSSR count). The summed E-state index contributed by atoms with van der Waals surface area (Å²) in [4.78, 5) is 72.3. The molecule has 3 unspecified atom stereocenters. The Kier molecular flexibility index (Phi) is 54.8. The first-order chi connectivity index (χ1) is 40.6.